The average molecular weight is 441 g/mol. The van der Waals surface area contributed by atoms with Crippen molar-refractivity contribution in [3.8, 4) is 0 Å². The van der Waals surface area contributed by atoms with Gasteiger partial charge >= 0.3 is 6.09 Å². The molecule has 0 unspecified atom stereocenters. The lowest BCUT2D eigenvalue weighted by Crippen LogP contribution is -2.43. The molecule has 0 aliphatic carbocycles. The van der Waals surface area contributed by atoms with Crippen LogP contribution in [0.5, 0.6) is 0 Å². The quantitative estimate of drug-likeness (QED) is 0.617. The third-order valence-corrected chi connectivity index (χ3v) is 4.52. The molecular weight excluding hydrogens is 418 g/mol. The van der Waals surface area contributed by atoms with Gasteiger partial charge in [-0.3, -0.25) is 0 Å². The molecule has 2 N–H and O–H groups in total. The van der Waals surface area contributed by atoms with Crippen molar-refractivity contribution < 1.29 is 9.53 Å². The number of ether oxygens (including phenoxy) is 1. The fraction of sp³-hybridized carbons (Fsp3) is 0.368. The molecule has 2 aromatic rings. The van der Waals surface area contributed by atoms with E-state index in [-0.39, 0.29) is 11.6 Å². The van der Waals surface area contributed by atoms with Gasteiger partial charge in [0.25, 0.3) is 0 Å². The van der Waals surface area contributed by atoms with E-state index < -0.39 is 6.09 Å². The van der Waals surface area contributed by atoms with E-state index in [0.717, 1.165) is 11.3 Å². The second-order valence-corrected chi connectivity index (χ2v) is 8.18. The molecule has 0 spiro atoms. The SMILES string of the molecule is CC(C)(C)NC(=O)O[C@H](CNc1cnc(Cl)c(Br)c1)Cc1ccccc1. The van der Waals surface area contributed by atoms with Crippen LogP contribution in [0.15, 0.2) is 47.1 Å². The third kappa shape index (κ3) is 7.22. The summed E-state index contributed by atoms with van der Waals surface area (Å²) < 4.78 is 6.34. The molecule has 1 aromatic heterocycles. The number of carbonyl (C=O) groups excluding carboxylic acids is 1. The molecule has 7 heteroatoms. The van der Waals surface area contributed by atoms with Crippen LogP contribution in [0.25, 0.3) is 0 Å². The fourth-order valence-electron chi connectivity index (χ4n) is 2.27. The number of hydrogen-bond acceptors (Lipinski definition) is 4. The molecule has 0 bridgehead atoms. The molecule has 0 aliphatic rings. The van der Waals surface area contributed by atoms with Crippen LogP contribution in [0.2, 0.25) is 5.15 Å². The molecule has 5 nitrogen and oxygen atoms in total. The Morgan fingerprint density at radius 1 is 1.31 bits per heavy atom. The first-order valence-electron chi connectivity index (χ1n) is 8.30. The van der Waals surface area contributed by atoms with Crippen LogP contribution < -0.4 is 10.6 Å². The summed E-state index contributed by atoms with van der Waals surface area (Å²) in [5.74, 6) is 0. The zero-order valence-corrected chi connectivity index (χ0v) is 17.4. The standard InChI is InChI=1S/C19H23BrClN3O2/c1-19(2,3)24-18(25)26-15(9-13-7-5-4-6-8-13)12-22-14-10-16(20)17(21)23-11-14/h4-8,10-11,15,22H,9,12H2,1-3H3,(H,24,25)/t15-/m0/s1. The van der Waals surface area contributed by atoms with Crippen LogP contribution in [-0.2, 0) is 11.2 Å². The second kappa shape index (κ2) is 9.24. The highest BCUT2D eigenvalue weighted by molar-refractivity contribution is 9.10. The first kappa shape index (κ1) is 20.5. The Bertz CT molecular complexity index is 735. The number of pyridine rings is 1. The van der Waals surface area contributed by atoms with Gasteiger partial charge in [-0.25, -0.2) is 9.78 Å². The van der Waals surface area contributed by atoms with Gasteiger partial charge < -0.3 is 15.4 Å². The average Bonchev–Trinajstić information content (AvgIpc) is 2.55. The normalized spacial score (nSPS) is 12.3. The smallest absolute Gasteiger partial charge is 0.407 e. The van der Waals surface area contributed by atoms with Gasteiger partial charge in [0.05, 0.1) is 22.9 Å². The number of nitrogens with zero attached hydrogens (tertiary/aromatic N) is 1. The summed E-state index contributed by atoms with van der Waals surface area (Å²) in [6.45, 7) is 6.18. The van der Waals surface area contributed by atoms with Gasteiger partial charge in [-0.15, -0.1) is 0 Å². The molecule has 0 saturated carbocycles. The molecule has 1 amide bonds. The Labute approximate surface area is 167 Å². The third-order valence-electron chi connectivity index (χ3n) is 3.39. The maximum absolute atomic E-state index is 12.2. The highest BCUT2D eigenvalue weighted by Gasteiger charge is 2.20. The molecule has 26 heavy (non-hydrogen) atoms. The van der Waals surface area contributed by atoms with Crippen molar-refractivity contribution >= 4 is 39.3 Å². The number of halogens is 2. The number of rotatable bonds is 6. The van der Waals surface area contributed by atoms with Crippen molar-refractivity contribution in [1.29, 1.82) is 0 Å². The zero-order valence-electron chi connectivity index (χ0n) is 15.1. The Kier molecular flexibility index (Phi) is 7.29. The molecule has 1 aromatic carbocycles. The summed E-state index contributed by atoms with van der Waals surface area (Å²) in [5.41, 5.74) is 1.53. The van der Waals surface area contributed by atoms with Crippen LogP contribution >= 0.6 is 27.5 Å². The van der Waals surface area contributed by atoms with Crippen LogP contribution in [0.4, 0.5) is 10.5 Å². The lowest BCUT2D eigenvalue weighted by Gasteiger charge is -2.24. The number of hydrogen-bond donors (Lipinski definition) is 2. The summed E-state index contributed by atoms with van der Waals surface area (Å²) >= 11 is 9.27. The first-order chi connectivity index (χ1) is 12.2. The maximum Gasteiger partial charge on any atom is 0.407 e. The van der Waals surface area contributed by atoms with E-state index in [1.54, 1.807) is 6.20 Å². The van der Waals surface area contributed by atoms with Crippen molar-refractivity contribution in [2.75, 3.05) is 11.9 Å². The number of carbonyl (C=O) groups is 1. The molecule has 1 heterocycles. The van der Waals surface area contributed by atoms with Gasteiger partial charge in [0, 0.05) is 12.0 Å². The Morgan fingerprint density at radius 2 is 2.00 bits per heavy atom. The van der Waals surface area contributed by atoms with Crippen LogP contribution in [0.3, 0.4) is 0 Å². The van der Waals surface area contributed by atoms with E-state index in [2.05, 4.69) is 31.5 Å². The second-order valence-electron chi connectivity index (χ2n) is 6.97. The molecule has 2 rings (SSSR count). The first-order valence-corrected chi connectivity index (χ1v) is 9.47. The summed E-state index contributed by atoms with van der Waals surface area (Å²) in [6.07, 6.45) is 1.47. The van der Waals surface area contributed by atoms with Gasteiger partial charge in [0.1, 0.15) is 11.3 Å². The zero-order chi connectivity index (χ0) is 19.2. The van der Waals surface area contributed by atoms with Crippen molar-refractivity contribution in [1.82, 2.24) is 10.3 Å². The van der Waals surface area contributed by atoms with Gasteiger partial charge in [0.2, 0.25) is 0 Å². The van der Waals surface area contributed by atoms with Crippen molar-refractivity contribution in [2.45, 2.75) is 38.8 Å². The Balaban J connectivity index is 2.04. The number of benzene rings is 1. The Hall–Kier alpha value is -1.79. The molecular formula is C19H23BrClN3O2. The van der Waals surface area contributed by atoms with Crippen LogP contribution in [0, 0.1) is 0 Å². The van der Waals surface area contributed by atoms with E-state index in [1.165, 1.54) is 0 Å². The number of anilines is 1. The minimum absolute atomic E-state index is 0.339. The molecule has 0 saturated heterocycles. The number of aromatic nitrogens is 1. The monoisotopic (exact) mass is 439 g/mol. The van der Waals surface area contributed by atoms with E-state index in [0.29, 0.717) is 22.6 Å². The number of amides is 1. The molecule has 0 fully saturated rings. The highest BCUT2D eigenvalue weighted by Crippen LogP contribution is 2.23. The minimum Gasteiger partial charge on any atom is -0.444 e. The van der Waals surface area contributed by atoms with Crippen LogP contribution in [-0.4, -0.2) is 29.3 Å². The fourth-order valence-corrected chi connectivity index (χ4v) is 2.72. The van der Waals surface area contributed by atoms with Crippen molar-refractivity contribution in [3.05, 3.63) is 57.8 Å². The lowest BCUT2D eigenvalue weighted by atomic mass is 10.1. The van der Waals surface area contributed by atoms with E-state index in [4.69, 9.17) is 16.3 Å². The highest BCUT2D eigenvalue weighted by atomic mass is 79.9. The van der Waals surface area contributed by atoms with Crippen molar-refractivity contribution in [3.63, 3.8) is 0 Å². The van der Waals surface area contributed by atoms with E-state index >= 15 is 0 Å². The van der Waals surface area contributed by atoms with Gasteiger partial charge in [-0.05, 0) is 48.3 Å². The topological polar surface area (TPSA) is 63.2 Å². The molecule has 0 radical (unpaired) electrons. The predicted octanol–water partition coefficient (Wildman–Crippen LogP) is 5.05. The minimum atomic E-state index is -0.435. The number of alkyl carbamates (subject to hydrolysis) is 1. The molecule has 1 atom stereocenters. The largest absolute Gasteiger partial charge is 0.444 e. The number of nitrogens with one attached hydrogen (secondary N) is 2. The van der Waals surface area contributed by atoms with Crippen molar-refractivity contribution in [2.24, 2.45) is 0 Å². The molecule has 140 valence electrons. The van der Waals surface area contributed by atoms with Crippen LogP contribution in [0.1, 0.15) is 26.3 Å². The van der Waals surface area contributed by atoms with Gasteiger partial charge in [-0.2, -0.15) is 0 Å². The summed E-state index contributed by atoms with van der Waals surface area (Å²) in [4.78, 5) is 16.3. The van der Waals surface area contributed by atoms with E-state index in [9.17, 15) is 4.79 Å². The summed E-state index contributed by atoms with van der Waals surface area (Å²) in [7, 11) is 0. The summed E-state index contributed by atoms with van der Waals surface area (Å²) in [6, 6.07) is 11.8. The predicted molar refractivity (Wildman–Crippen MR) is 109 cm³/mol. The van der Waals surface area contributed by atoms with Gasteiger partial charge in [-0.1, -0.05) is 41.9 Å². The maximum atomic E-state index is 12.2. The lowest BCUT2D eigenvalue weighted by molar-refractivity contribution is 0.0970. The van der Waals surface area contributed by atoms with Gasteiger partial charge in [0.15, 0.2) is 0 Å². The molecule has 0 aliphatic heterocycles. The Morgan fingerprint density at radius 3 is 2.62 bits per heavy atom. The summed E-state index contributed by atoms with van der Waals surface area (Å²) in [5, 5.41) is 6.47. The van der Waals surface area contributed by atoms with E-state index in [1.807, 2.05) is 57.2 Å².